The molecule has 1 aromatic heterocycles. The van der Waals surface area contributed by atoms with Gasteiger partial charge in [-0.1, -0.05) is 25.1 Å². The maximum Gasteiger partial charge on any atom is 0.265 e. The van der Waals surface area contributed by atoms with Gasteiger partial charge in [-0.25, -0.2) is 4.98 Å². The second-order valence-corrected chi connectivity index (χ2v) is 6.75. The average Bonchev–Trinajstić information content (AvgIpc) is 3.21. The van der Waals surface area contributed by atoms with E-state index in [-0.39, 0.29) is 5.91 Å². The minimum atomic E-state index is -0.588. The van der Waals surface area contributed by atoms with E-state index in [9.17, 15) is 4.79 Å². The Morgan fingerprint density at radius 2 is 1.80 bits per heavy atom. The summed E-state index contributed by atoms with van der Waals surface area (Å²) < 4.78 is 16.8. The van der Waals surface area contributed by atoms with Gasteiger partial charge in [0.1, 0.15) is 17.0 Å². The summed E-state index contributed by atoms with van der Waals surface area (Å²) in [7, 11) is 1.62. The molecule has 4 aromatic rings. The number of methoxy groups -OCH3 is 1. The Balaban J connectivity index is 1.50. The Morgan fingerprint density at radius 3 is 2.50 bits per heavy atom. The minimum Gasteiger partial charge on any atom is -0.497 e. The molecule has 0 fully saturated rings. The van der Waals surface area contributed by atoms with Crippen molar-refractivity contribution in [2.75, 3.05) is 12.4 Å². The van der Waals surface area contributed by atoms with Crippen LogP contribution >= 0.6 is 0 Å². The number of hydrogen-bond donors (Lipinski definition) is 1. The third-order valence-electron chi connectivity index (χ3n) is 4.68. The van der Waals surface area contributed by atoms with Crippen LogP contribution in [0, 0.1) is 0 Å². The van der Waals surface area contributed by atoms with E-state index in [4.69, 9.17) is 13.9 Å². The molecule has 0 spiro atoms. The molecule has 0 saturated heterocycles. The van der Waals surface area contributed by atoms with Crippen molar-refractivity contribution in [2.45, 2.75) is 19.4 Å². The molecule has 3 aromatic carbocycles. The fraction of sp³-hybridized carbons (Fsp3) is 0.167. The molecule has 1 amide bonds. The molecule has 6 nitrogen and oxygen atoms in total. The minimum absolute atomic E-state index is 0.209. The van der Waals surface area contributed by atoms with Crippen LogP contribution in [0.2, 0.25) is 0 Å². The van der Waals surface area contributed by atoms with E-state index in [0.717, 1.165) is 11.3 Å². The largest absolute Gasteiger partial charge is 0.497 e. The van der Waals surface area contributed by atoms with Crippen LogP contribution in [0.3, 0.4) is 0 Å². The molecule has 6 heteroatoms. The number of rotatable bonds is 7. The number of aromatic nitrogens is 1. The Hall–Kier alpha value is -3.80. The highest BCUT2D eigenvalue weighted by Crippen LogP contribution is 2.27. The number of anilines is 1. The second-order valence-electron chi connectivity index (χ2n) is 6.75. The first-order valence-corrected chi connectivity index (χ1v) is 9.74. The lowest BCUT2D eigenvalue weighted by atomic mass is 10.2. The first-order valence-electron chi connectivity index (χ1n) is 9.74. The van der Waals surface area contributed by atoms with E-state index in [0.29, 0.717) is 34.8 Å². The highest BCUT2D eigenvalue weighted by atomic mass is 16.5. The molecule has 0 bridgehead atoms. The van der Waals surface area contributed by atoms with E-state index in [1.807, 2.05) is 61.5 Å². The predicted octanol–water partition coefficient (Wildman–Crippen LogP) is 5.30. The number of fused-ring (bicyclic) bond motifs is 1. The molecule has 30 heavy (non-hydrogen) atoms. The van der Waals surface area contributed by atoms with Crippen molar-refractivity contribution in [1.29, 1.82) is 0 Å². The number of para-hydroxylation sites is 1. The Labute approximate surface area is 174 Å². The zero-order chi connectivity index (χ0) is 20.9. The molecule has 152 valence electrons. The molecule has 0 unspecified atom stereocenters. The molecule has 1 atom stereocenters. The van der Waals surface area contributed by atoms with E-state index in [1.54, 1.807) is 25.3 Å². The second kappa shape index (κ2) is 8.69. The van der Waals surface area contributed by atoms with Gasteiger partial charge >= 0.3 is 0 Å². The topological polar surface area (TPSA) is 73.6 Å². The van der Waals surface area contributed by atoms with Crippen molar-refractivity contribution in [3.05, 3.63) is 72.8 Å². The number of nitrogens with zero attached hydrogens (tertiary/aromatic N) is 1. The molecule has 0 saturated carbocycles. The van der Waals surface area contributed by atoms with Gasteiger partial charge in [-0.3, -0.25) is 4.79 Å². The molecule has 0 aliphatic carbocycles. The van der Waals surface area contributed by atoms with Crippen molar-refractivity contribution >= 4 is 22.7 Å². The van der Waals surface area contributed by atoms with Crippen molar-refractivity contribution in [3.8, 4) is 23.0 Å². The van der Waals surface area contributed by atoms with Crippen LogP contribution in [-0.2, 0) is 4.79 Å². The summed E-state index contributed by atoms with van der Waals surface area (Å²) in [6.07, 6.45) is -0.0376. The molecule has 1 heterocycles. The number of oxazole rings is 1. The standard InChI is InChI=1S/C24H22N2O4/c1-3-21(29-19-7-5-4-6-8-19)23(27)25-17-11-14-22-20(15-17)26-24(30-22)16-9-12-18(28-2)13-10-16/h4-15,21H,3H2,1-2H3,(H,25,27)/t21-/m1/s1. The van der Waals surface area contributed by atoms with E-state index in [2.05, 4.69) is 10.3 Å². The van der Waals surface area contributed by atoms with Gasteiger partial charge in [0.15, 0.2) is 11.7 Å². The van der Waals surface area contributed by atoms with Gasteiger partial charge in [0, 0.05) is 11.3 Å². The zero-order valence-corrected chi connectivity index (χ0v) is 16.8. The average molecular weight is 402 g/mol. The fourth-order valence-corrected chi connectivity index (χ4v) is 3.07. The first-order chi connectivity index (χ1) is 14.7. The van der Waals surface area contributed by atoms with Gasteiger partial charge < -0.3 is 19.2 Å². The summed E-state index contributed by atoms with van der Waals surface area (Å²) in [5.41, 5.74) is 2.79. The molecule has 0 aliphatic rings. The van der Waals surface area contributed by atoms with Crippen molar-refractivity contribution < 1.29 is 18.7 Å². The number of carbonyl (C=O) groups excluding carboxylic acids is 1. The van der Waals surface area contributed by atoms with Gasteiger partial charge in [0.05, 0.1) is 7.11 Å². The summed E-state index contributed by atoms with van der Waals surface area (Å²) in [4.78, 5) is 17.2. The molecular weight excluding hydrogens is 380 g/mol. The van der Waals surface area contributed by atoms with E-state index >= 15 is 0 Å². The first kappa shape index (κ1) is 19.5. The van der Waals surface area contributed by atoms with Gasteiger partial charge in [0.25, 0.3) is 5.91 Å². The van der Waals surface area contributed by atoms with Gasteiger partial charge in [0.2, 0.25) is 5.89 Å². The summed E-state index contributed by atoms with van der Waals surface area (Å²) >= 11 is 0. The van der Waals surface area contributed by atoms with Crippen molar-refractivity contribution in [2.24, 2.45) is 0 Å². The van der Waals surface area contributed by atoms with Crippen molar-refractivity contribution in [1.82, 2.24) is 4.98 Å². The molecular formula is C24H22N2O4. The maximum atomic E-state index is 12.7. The Morgan fingerprint density at radius 1 is 1.03 bits per heavy atom. The van der Waals surface area contributed by atoms with Gasteiger partial charge in [-0.2, -0.15) is 0 Å². The Bertz CT molecular complexity index is 1140. The monoisotopic (exact) mass is 402 g/mol. The van der Waals surface area contributed by atoms with Crippen LogP contribution in [0.4, 0.5) is 5.69 Å². The van der Waals surface area contributed by atoms with Gasteiger partial charge in [-0.15, -0.1) is 0 Å². The summed E-state index contributed by atoms with van der Waals surface area (Å²) in [5.74, 6) is 1.73. The Kier molecular flexibility index (Phi) is 5.66. The van der Waals surface area contributed by atoms with Crippen LogP contribution in [0.25, 0.3) is 22.6 Å². The number of hydrogen-bond acceptors (Lipinski definition) is 5. The lowest BCUT2D eigenvalue weighted by Gasteiger charge is -2.17. The van der Waals surface area contributed by atoms with Crippen LogP contribution in [0.1, 0.15) is 13.3 Å². The fourth-order valence-electron chi connectivity index (χ4n) is 3.07. The number of carbonyl (C=O) groups is 1. The number of benzene rings is 3. The van der Waals surface area contributed by atoms with Crippen LogP contribution in [0.15, 0.2) is 77.2 Å². The highest BCUT2D eigenvalue weighted by Gasteiger charge is 2.19. The third kappa shape index (κ3) is 4.27. The molecule has 1 N–H and O–H groups in total. The number of amides is 1. The summed E-state index contributed by atoms with van der Waals surface area (Å²) in [6, 6.07) is 22.2. The molecule has 4 rings (SSSR count). The van der Waals surface area contributed by atoms with Crippen LogP contribution < -0.4 is 14.8 Å². The predicted molar refractivity (Wildman–Crippen MR) is 116 cm³/mol. The van der Waals surface area contributed by atoms with Gasteiger partial charge in [-0.05, 0) is 61.0 Å². The number of ether oxygens (including phenoxy) is 2. The number of nitrogens with one attached hydrogen (secondary N) is 1. The SMILES string of the molecule is CC[C@@H](Oc1ccccc1)C(=O)Nc1ccc2oc(-c3ccc(OC)cc3)nc2c1. The normalized spacial score (nSPS) is 11.8. The highest BCUT2D eigenvalue weighted by molar-refractivity contribution is 5.96. The quantitative estimate of drug-likeness (QED) is 0.454. The zero-order valence-electron chi connectivity index (χ0n) is 16.8. The lowest BCUT2D eigenvalue weighted by molar-refractivity contribution is -0.122. The summed E-state index contributed by atoms with van der Waals surface area (Å²) in [6.45, 7) is 1.91. The molecule has 0 aliphatic heterocycles. The van der Waals surface area contributed by atoms with E-state index in [1.165, 1.54) is 0 Å². The third-order valence-corrected chi connectivity index (χ3v) is 4.68. The lowest BCUT2D eigenvalue weighted by Crippen LogP contribution is -2.32. The van der Waals surface area contributed by atoms with Crippen molar-refractivity contribution in [3.63, 3.8) is 0 Å². The van der Waals surface area contributed by atoms with Crippen LogP contribution in [-0.4, -0.2) is 24.1 Å². The smallest absolute Gasteiger partial charge is 0.265 e. The molecule has 0 radical (unpaired) electrons. The van der Waals surface area contributed by atoms with Crippen LogP contribution in [0.5, 0.6) is 11.5 Å². The summed E-state index contributed by atoms with van der Waals surface area (Å²) in [5, 5.41) is 2.91. The maximum absolute atomic E-state index is 12.7. The van der Waals surface area contributed by atoms with E-state index < -0.39 is 6.10 Å².